The molecular weight excluding hydrogens is 258 g/mol. The quantitative estimate of drug-likeness (QED) is 0.803. The Hall–Kier alpha value is -2.56. The molecule has 0 radical (unpaired) electrons. The SMILES string of the molecule is Cc1cc(COC(=O)C2=Cc3ccccc3OC2)on1. The normalized spacial score (nSPS) is 13.2. The number of nitrogens with zero attached hydrogens (tertiary/aromatic N) is 1. The predicted octanol–water partition coefficient (Wildman–Crippen LogP) is 2.50. The third-order valence-electron chi connectivity index (χ3n) is 2.92. The van der Waals surface area contributed by atoms with Crippen LogP contribution in [0.5, 0.6) is 5.75 Å². The second-order valence-corrected chi connectivity index (χ2v) is 4.51. The van der Waals surface area contributed by atoms with Gasteiger partial charge in [-0.2, -0.15) is 0 Å². The summed E-state index contributed by atoms with van der Waals surface area (Å²) in [6, 6.07) is 9.27. The van der Waals surface area contributed by atoms with Gasteiger partial charge in [0.2, 0.25) is 0 Å². The molecule has 2 heterocycles. The van der Waals surface area contributed by atoms with Gasteiger partial charge in [-0.05, 0) is 19.1 Å². The minimum atomic E-state index is -0.409. The zero-order valence-corrected chi connectivity index (χ0v) is 11.0. The third-order valence-corrected chi connectivity index (χ3v) is 2.92. The number of ether oxygens (including phenoxy) is 2. The van der Waals surface area contributed by atoms with Crippen LogP contribution < -0.4 is 4.74 Å². The highest BCUT2D eigenvalue weighted by molar-refractivity contribution is 5.95. The van der Waals surface area contributed by atoms with Crippen molar-refractivity contribution < 1.29 is 18.8 Å². The molecule has 0 N–H and O–H groups in total. The Morgan fingerprint density at radius 1 is 1.40 bits per heavy atom. The highest BCUT2D eigenvalue weighted by Gasteiger charge is 2.18. The first kappa shape index (κ1) is 12.5. The monoisotopic (exact) mass is 271 g/mol. The Morgan fingerprint density at radius 2 is 2.25 bits per heavy atom. The molecule has 0 spiro atoms. The summed E-state index contributed by atoms with van der Waals surface area (Å²) in [4.78, 5) is 12.0. The van der Waals surface area contributed by atoms with E-state index in [-0.39, 0.29) is 13.2 Å². The highest BCUT2D eigenvalue weighted by atomic mass is 16.6. The van der Waals surface area contributed by atoms with E-state index in [9.17, 15) is 4.79 Å². The maximum Gasteiger partial charge on any atom is 0.337 e. The molecule has 3 rings (SSSR count). The first-order valence-corrected chi connectivity index (χ1v) is 6.24. The van der Waals surface area contributed by atoms with Crippen LogP contribution in [-0.4, -0.2) is 17.7 Å². The van der Waals surface area contributed by atoms with Gasteiger partial charge < -0.3 is 14.0 Å². The number of aromatic nitrogens is 1. The minimum absolute atomic E-state index is 0.0681. The molecule has 2 aromatic rings. The van der Waals surface area contributed by atoms with Gasteiger partial charge in [-0.15, -0.1) is 0 Å². The lowest BCUT2D eigenvalue weighted by Crippen LogP contribution is -2.17. The molecule has 0 saturated carbocycles. The lowest BCUT2D eigenvalue weighted by Gasteiger charge is -2.16. The van der Waals surface area contributed by atoms with E-state index >= 15 is 0 Å². The van der Waals surface area contributed by atoms with Crippen LogP contribution in [0.25, 0.3) is 6.08 Å². The number of esters is 1. The van der Waals surface area contributed by atoms with Gasteiger partial charge in [0.05, 0.1) is 11.3 Å². The van der Waals surface area contributed by atoms with Gasteiger partial charge in [-0.3, -0.25) is 0 Å². The van der Waals surface area contributed by atoms with Crippen molar-refractivity contribution in [3.8, 4) is 5.75 Å². The number of rotatable bonds is 3. The molecule has 5 nitrogen and oxygen atoms in total. The molecule has 1 aliphatic rings. The van der Waals surface area contributed by atoms with E-state index in [2.05, 4.69) is 5.16 Å². The zero-order chi connectivity index (χ0) is 13.9. The van der Waals surface area contributed by atoms with E-state index in [4.69, 9.17) is 14.0 Å². The highest BCUT2D eigenvalue weighted by Crippen LogP contribution is 2.26. The number of fused-ring (bicyclic) bond motifs is 1. The number of hydrogen-bond acceptors (Lipinski definition) is 5. The molecule has 1 aromatic heterocycles. The van der Waals surface area contributed by atoms with Gasteiger partial charge in [0.1, 0.15) is 12.4 Å². The van der Waals surface area contributed by atoms with Crippen molar-refractivity contribution in [2.24, 2.45) is 0 Å². The summed E-state index contributed by atoms with van der Waals surface area (Å²) in [5.41, 5.74) is 2.12. The fraction of sp³-hybridized carbons (Fsp3) is 0.200. The van der Waals surface area contributed by atoms with Gasteiger partial charge in [0, 0.05) is 11.6 Å². The smallest absolute Gasteiger partial charge is 0.337 e. The van der Waals surface area contributed by atoms with E-state index in [1.807, 2.05) is 31.2 Å². The average Bonchev–Trinajstić information content (AvgIpc) is 2.90. The molecule has 0 fully saturated rings. The molecule has 0 bridgehead atoms. The average molecular weight is 271 g/mol. The number of carbonyl (C=O) groups is 1. The van der Waals surface area contributed by atoms with Gasteiger partial charge in [0.15, 0.2) is 12.4 Å². The lowest BCUT2D eigenvalue weighted by atomic mass is 10.1. The summed E-state index contributed by atoms with van der Waals surface area (Å²) in [7, 11) is 0. The molecular formula is C15H13NO4. The van der Waals surface area contributed by atoms with E-state index in [1.165, 1.54) is 0 Å². The van der Waals surface area contributed by atoms with Crippen molar-refractivity contribution in [2.75, 3.05) is 6.61 Å². The topological polar surface area (TPSA) is 61.6 Å². The zero-order valence-electron chi connectivity index (χ0n) is 11.0. The van der Waals surface area contributed by atoms with Crippen molar-refractivity contribution in [3.63, 3.8) is 0 Å². The fourth-order valence-electron chi connectivity index (χ4n) is 1.95. The van der Waals surface area contributed by atoms with Crippen molar-refractivity contribution in [3.05, 3.63) is 52.9 Å². The Morgan fingerprint density at radius 3 is 3.05 bits per heavy atom. The predicted molar refractivity (Wildman–Crippen MR) is 71.0 cm³/mol. The lowest BCUT2D eigenvalue weighted by molar-refractivity contribution is -0.141. The second kappa shape index (κ2) is 5.21. The number of para-hydroxylation sites is 1. The minimum Gasteiger partial charge on any atom is -0.488 e. The molecule has 1 aromatic carbocycles. The molecule has 0 saturated heterocycles. The van der Waals surface area contributed by atoms with Crippen LogP contribution >= 0.6 is 0 Å². The number of carbonyl (C=O) groups excluding carboxylic acids is 1. The number of benzene rings is 1. The van der Waals surface area contributed by atoms with Crippen molar-refractivity contribution in [2.45, 2.75) is 13.5 Å². The number of aryl methyl sites for hydroxylation is 1. The van der Waals surface area contributed by atoms with Gasteiger partial charge in [-0.1, -0.05) is 23.4 Å². The number of hydrogen-bond donors (Lipinski definition) is 0. The molecule has 0 atom stereocenters. The fourth-order valence-corrected chi connectivity index (χ4v) is 1.95. The van der Waals surface area contributed by atoms with E-state index in [1.54, 1.807) is 12.1 Å². The Labute approximate surface area is 115 Å². The van der Waals surface area contributed by atoms with Crippen LogP contribution in [0, 0.1) is 6.92 Å². The summed E-state index contributed by atoms with van der Waals surface area (Å²) in [5.74, 6) is 0.886. The van der Waals surface area contributed by atoms with Crippen LogP contribution in [0.4, 0.5) is 0 Å². The van der Waals surface area contributed by atoms with E-state index in [0.29, 0.717) is 11.3 Å². The molecule has 0 amide bonds. The molecule has 0 aliphatic carbocycles. The Bertz CT molecular complexity index is 672. The Balaban J connectivity index is 1.68. The van der Waals surface area contributed by atoms with Crippen LogP contribution in [0.15, 0.2) is 40.4 Å². The molecule has 0 unspecified atom stereocenters. The Kier molecular flexibility index (Phi) is 3.25. The van der Waals surface area contributed by atoms with Crippen LogP contribution in [0.3, 0.4) is 0 Å². The first-order valence-electron chi connectivity index (χ1n) is 6.24. The van der Waals surface area contributed by atoms with Crippen LogP contribution in [-0.2, 0) is 16.1 Å². The largest absolute Gasteiger partial charge is 0.488 e. The van der Waals surface area contributed by atoms with Crippen LogP contribution in [0.2, 0.25) is 0 Å². The van der Waals surface area contributed by atoms with Gasteiger partial charge in [0.25, 0.3) is 0 Å². The molecule has 1 aliphatic heterocycles. The molecule has 5 heteroatoms. The summed E-state index contributed by atoms with van der Waals surface area (Å²) in [6.45, 7) is 2.09. The maximum atomic E-state index is 12.0. The molecule has 102 valence electrons. The van der Waals surface area contributed by atoms with E-state index in [0.717, 1.165) is 17.0 Å². The van der Waals surface area contributed by atoms with Crippen LogP contribution in [0.1, 0.15) is 17.0 Å². The summed E-state index contributed by atoms with van der Waals surface area (Å²) >= 11 is 0. The second-order valence-electron chi connectivity index (χ2n) is 4.51. The summed E-state index contributed by atoms with van der Waals surface area (Å²) in [6.07, 6.45) is 1.78. The molecule has 20 heavy (non-hydrogen) atoms. The van der Waals surface area contributed by atoms with Crippen molar-refractivity contribution in [1.29, 1.82) is 0 Å². The maximum absolute atomic E-state index is 12.0. The summed E-state index contributed by atoms with van der Waals surface area (Å²) in [5, 5.41) is 3.73. The van der Waals surface area contributed by atoms with Gasteiger partial charge in [-0.25, -0.2) is 4.79 Å². The summed E-state index contributed by atoms with van der Waals surface area (Å²) < 4.78 is 15.7. The van der Waals surface area contributed by atoms with Crippen molar-refractivity contribution >= 4 is 12.0 Å². The third kappa shape index (κ3) is 2.56. The standard InChI is InChI=1S/C15H13NO4/c1-10-6-13(20-16-10)9-19-15(17)12-7-11-4-2-3-5-14(11)18-8-12/h2-7H,8-9H2,1H3. The first-order chi connectivity index (χ1) is 9.72. The van der Waals surface area contributed by atoms with Gasteiger partial charge >= 0.3 is 5.97 Å². The van der Waals surface area contributed by atoms with Crippen molar-refractivity contribution in [1.82, 2.24) is 5.16 Å². The van der Waals surface area contributed by atoms with E-state index < -0.39 is 5.97 Å².